The summed E-state index contributed by atoms with van der Waals surface area (Å²) < 4.78 is 6.84. The van der Waals surface area contributed by atoms with Crippen molar-refractivity contribution in [3.8, 4) is 5.75 Å². The number of rotatable bonds is 5. The third-order valence-corrected chi connectivity index (χ3v) is 5.28. The predicted molar refractivity (Wildman–Crippen MR) is 110 cm³/mol. The van der Waals surface area contributed by atoms with Crippen LogP contribution in [0.25, 0.3) is 5.65 Å². The lowest BCUT2D eigenvalue weighted by molar-refractivity contribution is 0.121. The summed E-state index contributed by atoms with van der Waals surface area (Å²) in [4.78, 5) is 21.9. The second-order valence-corrected chi connectivity index (χ2v) is 7.42. The number of nitrogens with zero attached hydrogens (tertiary/aromatic N) is 4. The first kappa shape index (κ1) is 18.7. The Balaban J connectivity index is 1.35. The molecule has 0 aliphatic carbocycles. The minimum Gasteiger partial charge on any atom is -0.497 e. The van der Waals surface area contributed by atoms with Crippen molar-refractivity contribution in [1.29, 1.82) is 0 Å². The molecule has 4 rings (SSSR count). The molecule has 1 saturated heterocycles. The van der Waals surface area contributed by atoms with E-state index in [1.54, 1.807) is 17.6 Å². The average Bonchev–Trinajstić information content (AvgIpc) is 2.71. The fourth-order valence-corrected chi connectivity index (χ4v) is 3.66. The maximum Gasteiger partial charge on any atom is 0.258 e. The Kier molecular flexibility index (Phi) is 5.41. The number of aryl methyl sites for hydroxylation is 1. The number of fused-ring (bicyclic) bond motifs is 1. The topological polar surface area (TPSA) is 50.1 Å². The summed E-state index contributed by atoms with van der Waals surface area (Å²) in [5.74, 6) is 0.891. The van der Waals surface area contributed by atoms with Crippen molar-refractivity contribution in [3.05, 3.63) is 75.8 Å². The van der Waals surface area contributed by atoms with Crippen LogP contribution in [0.15, 0.2) is 53.5 Å². The Bertz CT molecular complexity index is 1010. The summed E-state index contributed by atoms with van der Waals surface area (Å²) in [6.07, 6.45) is 1.84. The van der Waals surface area contributed by atoms with Crippen LogP contribution in [0.2, 0.25) is 0 Å². The van der Waals surface area contributed by atoms with Crippen molar-refractivity contribution >= 4 is 5.65 Å². The standard InChI is InChI=1S/C22H26N4O2/c1-17-3-8-21-23-19(13-22(27)26(21)14-17)16-25-11-9-24(10-12-25)15-18-4-6-20(28-2)7-5-18/h3-8,13-14H,9-12,15-16H2,1-2H3. The van der Waals surface area contributed by atoms with Crippen molar-refractivity contribution in [1.82, 2.24) is 19.2 Å². The summed E-state index contributed by atoms with van der Waals surface area (Å²) in [6.45, 7) is 7.62. The van der Waals surface area contributed by atoms with E-state index in [2.05, 4.69) is 26.9 Å². The third-order valence-electron chi connectivity index (χ3n) is 5.28. The third kappa shape index (κ3) is 4.24. The van der Waals surface area contributed by atoms with Gasteiger partial charge in [-0.2, -0.15) is 0 Å². The SMILES string of the molecule is COc1ccc(CN2CCN(Cc3cc(=O)n4cc(C)ccc4n3)CC2)cc1. The monoisotopic (exact) mass is 378 g/mol. The van der Waals surface area contributed by atoms with Gasteiger partial charge in [-0.3, -0.25) is 19.0 Å². The maximum atomic E-state index is 12.4. The molecule has 1 aromatic carbocycles. The summed E-state index contributed by atoms with van der Waals surface area (Å²) in [7, 11) is 1.69. The molecule has 6 nitrogen and oxygen atoms in total. The van der Waals surface area contributed by atoms with Crippen LogP contribution >= 0.6 is 0 Å². The van der Waals surface area contributed by atoms with Gasteiger partial charge in [0.15, 0.2) is 0 Å². The van der Waals surface area contributed by atoms with Gasteiger partial charge in [0.05, 0.1) is 12.8 Å². The van der Waals surface area contributed by atoms with Crippen LogP contribution in [0.3, 0.4) is 0 Å². The van der Waals surface area contributed by atoms with Gasteiger partial charge in [-0.05, 0) is 36.2 Å². The van der Waals surface area contributed by atoms with Gasteiger partial charge in [0.25, 0.3) is 5.56 Å². The van der Waals surface area contributed by atoms with E-state index in [4.69, 9.17) is 4.74 Å². The molecule has 6 heteroatoms. The van der Waals surface area contributed by atoms with Crippen molar-refractivity contribution in [2.45, 2.75) is 20.0 Å². The van der Waals surface area contributed by atoms with Gasteiger partial charge in [0, 0.05) is 51.5 Å². The van der Waals surface area contributed by atoms with E-state index in [0.29, 0.717) is 5.65 Å². The van der Waals surface area contributed by atoms with Gasteiger partial charge in [0.2, 0.25) is 0 Å². The minimum absolute atomic E-state index is 0.0122. The number of piperazine rings is 1. The van der Waals surface area contributed by atoms with Gasteiger partial charge in [-0.25, -0.2) is 4.98 Å². The first-order valence-corrected chi connectivity index (χ1v) is 9.67. The highest BCUT2D eigenvalue weighted by atomic mass is 16.5. The van der Waals surface area contributed by atoms with E-state index in [1.165, 1.54) is 5.56 Å². The molecular weight excluding hydrogens is 352 g/mol. The number of pyridine rings is 1. The average molecular weight is 378 g/mol. The lowest BCUT2D eigenvalue weighted by atomic mass is 10.2. The summed E-state index contributed by atoms with van der Waals surface area (Å²) in [5, 5.41) is 0. The van der Waals surface area contributed by atoms with Gasteiger partial charge in [-0.15, -0.1) is 0 Å². The Morgan fingerprint density at radius 3 is 2.32 bits per heavy atom. The normalized spacial score (nSPS) is 15.8. The highest BCUT2D eigenvalue weighted by molar-refractivity contribution is 5.39. The summed E-state index contributed by atoms with van der Waals surface area (Å²) in [5.41, 5.74) is 3.90. The number of hydrogen-bond donors (Lipinski definition) is 0. The van der Waals surface area contributed by atoms with Crippen molar-refractivity contribution < 1.29 is 4.74 Å². The minimum atomic E-state index is -0.0122. The molecule has 0 N–H and O–H groups in total. The Morgan fingerprint density at radius 2 is 1.64 bits per heavy atom. The van der Waals surface area contributed by atoms with E-state index >= 15 is 0 Å². The second kappa shape index (κ2) is 8.12. The molecule has 1 aliphatic heterocycles. The van der Waals surface area contributed by atoms with E-state index in [0.717, 1.165) is 56.3 Å². The molecule has 0 saturated carbocycles. The number of ether oxygens (including phenoxy) is 1. The quantitative estimate of drug-likeness (QED) is 0.682. The van der Waals surface area contributed by atoms with Crippen molar-refractivity contribution in [2.24, 2.45) is 0 Å². The van der Waals surface area contributed by atoms with E-state index in [-0.39, 0.29) is 5.56 Å². The molecule has 146 valence electrons. The highest BCUT2D eigenvalue weighted by Crippen LogP contribution is 2.15. The van der Waals surface area contributed by atoms with Gasteiger partial charge in [0.1, 0.15) is 11.4 Å². The molecule has 3 heterocycles. The zero-order valence-corrected chi connectivity index (χ0v) is 16.5. The van der Waals surface area contributed by atoms with Crippen molar-refractivity contribution in [2.75, 3.05) is 33.3 Å². The Labute approximate surface area is 165 Å². The van der Waals surface area contributed by atoms with Crippen LogP contribution in [0, 0.1) is 6.92 Å². The summed E-state index contributed by atoms with van der Waals surface area (Å²) >= 11 is 0. The van der Waals surface area contributed by atoms with Crippen molar-refractivity contribution in [3.63, 3.8) is 0 Å². The smallest absolute Gasteiger partial charge is 0.258 e. The van der Waals surface area contributed by atoms with Crippen LogP contribution in [0.1, 0.15) is 16.8 Å². The van der Waals surface area contributed by atoms with E-state index in [1.807, 2.05) is 37.4 Å². The van der Waals surface area contributed by atoms with Crippen LogP contribution in [-0.4, -0.2) is 52.5 Å². The molecule has 2 aromatic heterocycles. The molecule has 0 radical (unpaired) electrons. The molecule has 0 amide bonds. The Hall–Kier alpha value is -2.70. The molecule has 3 aromatic rings. The summed E-state index contributed by atoms with van der Waals surface area (Å²) in [6, 6.07) is 13.8. The van der Waals surface area contributed by atoms with Gasteiger partial charge in [-0.1, -0.05) is 18.2 Å². The first-order valence-electron chi connectivity index (χ1n) is 9.67. The predicted octanol–water partition coefficient (Wildman–Crippen LogP) is 2.33. The maximum absolute atomic E-state index is 12.4. The van der Waals surface area contributed by atoms with E-state index in [9.17, 15) is 4.79 Å². The molecule has 1 fully saturated rings. The Morgan fingerprint density at radius 1 is 0.964 bits per heavy atom. The number of benzene rings is 1. The molecule has 0 atom stereocenters. The molecule has 0 bridgehead atoms. The fraction of sp³-hybridized carbons (Fsp3) is 0.364. The largest absolute Gasteiger partial charge is 0.497 e. The van der Waals surface area contributed by atoms with E-state index < -0.39 is 0 Å². The van der Waals surface area contributed by atoms with Crippen LogP contribution in [0.5, 0.6) is 5.75 Å². The second-order valence-electron chi connectivity index (χ2n) is 7.42. The van der Waals surface area contributed by atoms with Crippen LogP contribution in [-0.2, 0) is 13.1 Å². The fourth-order valence-electron chi connectivity index (χ4n) is 3.66. The zero-order valence-electron chi connectivity index (χ0n) is 16.5. The number of aromatic nitrogens is 2. The zero-order chi connectivity index (χ0) is 19.5. The molecule has 28 heavy (non-hydrogen) atoms. The number of methoxy groups -OCH3 is 1. The lowest BCUT2D eigenvalue weighted by Gasteiger charge is -2.34. The van der Waals surface area contributed by atoms with Gasteiger partial charge >= 0.3 is 0 Å². The lowest BCUT2D eigenvalue weighted by Crippen LogP contribution is -2.45. The van der Waals surface area contributed by atoms with Crippen LogP contribution in [0.4, 0.5) is 0 Å². The molecular formula is C22H26N4O2. The first-order chi connectivity index (χ1) is 13.6. The molecule has 1 aliphatic rings. The number of hydrogen-bond acceptors (Lipinski definition) is 5. The molecule has 0 unspecified atom stereocenters. The van der Waals surface area contributed by atoms with Gasteiger partial charge < -0.3 is 4.74 Å². The highest BCUT2D eigenvalue weighted by Gasteiger charge is 2.18. The molecule has 0 spiro atoms. The van der Waals surface area contributed by atoms with Crippen LogP contribution < -0.4 is 10.3 Å².